The van der Waals surface area contributed by atoms with Gasteiger partial charge in [-0.3, -0.25) is 10.2 Å². The van der Waals surface area contributed by atoms with Gasteiger partial charge in [-0.15, -0.1) is 0 Å². The van der Waals surface area contributed by atoms with Crippen LogP contribution in [0, 0.1) is 12.3 Å². The first-order valence-corrected chi connectivity index (χ1v) is 13.3. The van der Waals surface area contributed by atoms with Crippen LogP contribution in [0.25, 0.3) is 17.0 Å². The normalized spacial score (nSPS) is 15.9. The number of carbonyl (C=O) groups excluding carboxylic acids is 1. The SMILES string of the molecule is Cc1ccccc1OCCn1cc(C=C2C(=N)N3N=C(COc4ccccc4)SC3=NC2=O)c2ccccc21. The molecule has 8 nitrogen and oxygen atoms in total. The third-order valence-corrected chi connectivity index (χ3v) is 7.29. The van der Waals surface area contributed by atoms with Crippen LogP contribution >= 0.6 is 11.8 Å². The number of rotatable bonds is 8. The molecule has 0 bridgehead atoms. The lowest BCUT2D eigenvalue weighted by Crippen LogP contribution is -2.35. The molecule has 1 aromatic heterocycles. The van der Waals surface area contributed by atoms with Crippen molar-refractivity contribution in [3.05, 3.63) is 102 Å². The molecule has 194 valence electrons. The quantitative estimate of drug-likeness (QED) is 0.291. The zero-order valence-electron chi connectivity index (χ0n) is 21.2. The second-order valence-corrected chi connectivity index (χ2v) is 10.1. The van der Waals surface area contributed by atoms with Gasteiger partial charge in [0, 0.05) is 22.7 Å². The molecule has 0 saturated heterocycles. The number of fused-ring (bicyclic) bond motifs is 2. The van der Waals surface area contributed by atoms with Crippen LogP contribution in [-0.4, -0.2) is 44.7 Å². The summed E-state index contributed by atoms with van der Waals surface area (Å²) in [5.41, 5.74) is 3.13. The summed E-state index contributed by atoms with van der Waals surface area (Å²) in [5, 5.41) is 16.6. The van der Waals surface area contributed by atoms with Gasteiger partial charge in [0.15, 0.2) is 5.84 Å². The second kappa shape index (κ2) is 10.6. The van der Waals surface area contributed by atoms with Crippen LogP contribution in [0.5, 0.6) is 11.5 Å². The average Bonchev–Trinajstić information content (AvgIpc) is 3.53. The summed E-state index contributed by atoms with van der Waals surface area (Å²) < 4.78 is 13.9. The number of amides is 1. The number of aliphatic imine (C=N–C) groups is 1. The van der Waals surface area contributed by atoms with Crippen LogP contribution in [0.15, 0.2) is 101 Å². The van der Waals surface area contributed by atoms with Gasteiger partial charge in [0.2, 0.25) is 5.17 Å². The highest BCUT2D eigenvalue weighted by atomic mass is 32.2. The number of nitrogens with one attached hydrogen (secondary N) is 1. The number of carbonyl (C=O) groups is 1. The Bertz CT molecular complexity index is 1670. The minimum Gasteiger partial charge on any atom is -0.491 e. The van der Waals surface area contributed by atoms with Crippen LogP contribution in [0.1, 0.15) is 11.1 Å². The van der Waals surface area contributed by atoms with E-state index >= 15 is 0 Å². The van der Waals surface area contributed by atoms with E-state index in [0.29, 0.717) is 23.4 Å². The van der Waals surface area contributed by atoms with E-state index in [-0.39, 0.29) is 18.0 Å². The number of aromatic nitrogens is 1. The van der Waals surface area contributed by atoms with Gasteiger partial charge < -0.3 is 14.0 Å². The Hall–Kier alpha value is -4.63. The Labute approximate surface area is 229 Å². The number of hydrogen-bond donors (Lipinski definition) is 1. The van der Waals surface area contributed by atoms with Crippen molar-refractivity contribution in [2.75, 3.05) is 13.2 Å². The number of aryl methyl sites for hydroxylation is 1. The van der Waals surface area contributed by atoms with Crippen molar-refractivity contribution in [1.82, 2.24) is 9.58 Å². The minimum absolute atomic E-state index is 0.00747. The molecule has 0 atom stereocenters. The molecule has 0 radical (unpaired) electrons. The van der Waals surface area contributed by atoms with E-state index < -0.39 is 5.91 Å². The van der Waals surface area contributed by atoms with Crippen molar-refractivity contribution in [3.63, 3.8) is 0 Å². The molecule has 9 heteroatoms. The van der Waals surface area contributed by atoms with Crippen molar-refractivity contribution in [1.29, 1.82) is 5.41 Å². The zero-order chi connectivity index (χ0) is 26.8. The van der Waals surface area contributed by atoms with Gasteiger partial charge >= 0.3 is 0 Å². The molecule has 1 N–H and O–H groups in total. The smallest absolute Gasteiger partial charge is 0.283 e. The Kier molecular flexibility index (Phi) is 6.73. The molecular weight excluding hydrogens is 510 g/mol. The highest BCUT2D eigenvalue weighted by molar-refractivity contribution is 8.27. The van der Waals surface area contributed by atoms with Gasteiger partial charge in [0.25, 0.3) is 5.91 Å². The summed E-state index contributed by atoms with van der Waals surface area (Å²) in [6.07, 6.45) is 3.71. The number of para-hydroxylation sites is 3. The largest absolute Gasteiger partial charge is 0.491 e. The fraction of sp³-hybridized carbons (Fsp3) is 0.133. The molecule has 39 heavy (non-hydrogen) atoms. The van der Waals surface area contributed by atoms with Gasteiger partial charge in [0.05, 0.1) is 12.1 Å². The molecule has 0 fully saturated rings. The lowest BCUT2D eigenvalue weighted by atomic mass is 10.1. The highest BCUT2D eigenvalue weighted by Crippen LogP contribution is 2.30. The second-order valence-electron chi connectivity index (χ2n) is 9.02. The first-order chi connectivity index (χ1) is 19.1. The highest BCUT2D eigenvalue weighted by Gasteiger charge is 2.36. The summed E-state index contributed by atoms with van der Waals surface area (Å²) in [6, 6.07) is 25.4. The first-order valence-electron chi connectivity index (χ1n) is 12.5. The summed E-state index contributed by atoms with van der Waals surface area (Å²) in [5.74, 6) is 1.12. The van der Waals surface area contributed by atoms with Crippen LogP contribution in [-0.2, 0) is 11.3 Å². The first kappa shape index (κ1) is 24.7. The molecule has 4 aromatic rings. The molecule has 3 aromatic carbocycles. The van der Waals surface area contributed by atoms with Gasteiger partial charge in [-0.1, -0.05) is 54.6 Å². The van der Waals surface area contributed by atoms with E-state index in [1.165, 1.54) is 16.8 Å². The van der Waals surface area contributed by atoms with Crippen molar-refractivity contribution >= 4 is 50.7 Å². The maximum atomic E-state index is 13.0. The van der Waals surface area contributed by atoms with Crippen molar-refractivity contribution in [2.24, 2.45) is 10.1 Å². The minimum atomic E-state index is -0.459. The average molecular weight is 536 g/mol. The molecular formula is C30H25N5O3S. The maximum absolute atomic E-state index is 13.0. The van der Waals surface area contributed by atoms with E-state index in [4.69, 9.17) is 14.9 Å². The van der Waals surface area contributed by atoms with Crippen LogP contribution in [0.2, 0.25) is 0 Å². The van der Waals surface area contributed by atoms with Crippen molar-refractivity contribution < 1.29 is 14.3 Å². The van der Waals surface area contributed by atoms with E-state index in [1.807, 2.05) is 92.0 Å². The molecule has 2 aliphatic heterocycles. The predicted octanol–water partition coefficient (Wildman–Crippen LogP) is 5.73. The molecule has 0 aliphatic carbocycles. The standard InChI is InChI=1S/C30H25N5O3S/c1-20-9-5-8-14-26(20)37-16-15-34-18-21(23-12-6-7-13-25(23)34)17-24-28(31)35-30(32-29(24)36)39-27(33-35)19-38-22-10-3-2-4-11-22/h2-14,17-18,31H,15-16,19H2,1H3. The number of hydrogen-bond acceptors (Lipinski definition) is 6. The molecule has 1 amide bonds. The van der Waals surface area contributed by atoms with Crippen LogP contribution in [0.4, 0.5) is 0 Å². The monoisotopic (exact) mass is 535 g/mol. The maximum Gasteiger partial charge on any atom is 0.283 e. The summed E-state index contributed by atoms with van der Waals surface area (Å²) in [7, 11) is 0. The molecule has 3 heterocycles. The summed E-state index contributed by atoms with van der Waals surface area (Å²) in [6.45, 7) is 3.37. The van der Waals surface area contributed by atoms with Gasteiger partial charge in [-0.2, -0.15) is 15.1 Å². The summed E-state index contributed by atoms with van der Waals surface area (Å²) >= 11 is 1.24. The zero-order valence-corrected chi connectivity index (χ0v) is 22.0. The third-order valence-electron chi connectivity index (χ3n) is 6.40. The fourth-order valence-corrected chi connectivity index (χ4v) is 5.25. The van der Waals surface area contributed by atoms with E-state index in [9.17, 15) is 4.79 Å². The van der Waals surface area contributed by atoms with Gasteiger partial charge in [-0.05, 0) is 54.6 Å². The number of ether oxygens (including phenoxy) is 2. The lowest BCUT2D eigenvalue weighted by Gasteiger charge is -2.20. The van der Waals surface area contributed by atoms with E-state index in [0.717, 1.165) is 33.5 Å². The van der Waals surface area contributed by atoms with Crippen molar-refractivity contribution in [3.8, 4) is 11.5 Å². The number of benzene rings is 3. The molecule has 2 aliphatic rings. The molecule has 0 saturated carbocycles. The Balaban J connectivity index is 1.22. The van der Waals surface area contributed by atoms with E-state index in [2.05, 4.69) is 14.7 Å². The summed E-state index contributed by atoms with van der Waals surface area (Å²) in [4.78, 5) is 17.2. The Morgan fingerprint density at radius 2 is 1.74 bits per heavy atom. The molecule has 0 spiro atoms. The van der Waals surface area contributed by atoms with Crippen LogP contribution in [0.3, 0.4) is 0 Å². The predicted molar refractivity (Wildman–Crippen MR) is 156 cm³/mol. The van der Waals surface area contributed by atoms with E-state index in [1.54, 1.807) is 6.08 Å². The van der Waals surface area contributed by atoms with Gasteiger partial charge in [-0.25, -0.2) is 0 Å². The molecule has 6 rings (SSSR count). The Morgan fingerprint density at radius 3 is 2.59 bits per heavy atom. The van der Waals surface area contributed by atoms with Crippen molar-refractivity contribution in [2.45, 2.75) is 13.5 Å². The lowest BCUT2D eigenvalue weighted by molar-refractivity contribution is -0.114. The number of nitrogens with zero attached hydrogens (tertiary/aromatic N) is 4. The van der Waals surface area contributed by atoms with Crippen LogP contribution < -0.4 is 9.47 Å². The number of hydrazone groups is 1. The van der Waals surface area contributed by atoms with Gasteiger partial charge in [0.1, 0.15) is 29.8 Å². The number of amidine groups is 2. The Morgan fingerprint density at radius 1 is 0.974 bits per heavy atom. The third kappa shape index (κ3) is 5.08. The number of thioether (sulfide) groups is 1. The molecule has 0 unspecified atom stereocenters. The fourth-order valence-electron chi connectivity index (χ4n) is 4.45. The topological polar surface area (TPSA) is 92.3 Å².